The van der Waals surface area contributed by atoms with Gasteiger partial charge < -0.3 is 0 Å². The Morgan fingerprint density at radius 1 is 1.10 bits per heavy atom. The van der Waals surface area contributed by atoms with Gasteiger partial charge in [0.25, 0.3) is 0 Å². The lowest BCUT2D eigenvalue weighted by Gasteiger charge is -2.14. The molecule has 3 nitrogen and oxygen atoms in total. The molecule has 20 heavy (non-hydrogen) atoms. The van der Waals surface area contributed by atoms with Crippen LogP contribution in [0.5, 0.6) is 0 Å². The third kappa shape index (κ3) is 6.01. The van der Waals surface area contributed by atoms with Crippen molar-refractivity contribution in [3.63, 3.8) is 0 Å². The first-order chi connectivity index (χ1) is 9.45. The maximum atomic E-state index is 12.8. The van der Waals surface area contributed by atoms with E-state index in [4.69, 9.17) is 0 Å². The van der Waals surface area contributed by atoms with Crippen molar-refractivity contribution in [2.24, 2.45) is 0 Å². The molecule has 0 aliphatic carbocycles. The van der Waals surface area contributed by atoms with Crippen molar-refractivity contribution in [1.29, 1.82) is 0 Å². The van der Waals surface area contributed by atoms with Crippen LogP contribution < -0.4 is 4.72 Å². The van der Waals surface area contributed by atoms with Crippen LogP contribution in [0, 0.1) is 5.82 Å². The minimum Gasteiger partial charge on any atom is -0.208 e. The maximum absolute atomic E-state index is 12.8. The molecular formula is C15H24FNO2S. The third-order valence-corrected chi connectivity index (χ3v) is 4.83. The van der Waals surface area contributed by atoms with Crippen LogP contribution in [0.25, 0.3) is 0 Å². The number of unbranched alkanes of at least 4 members (excludes halogenated alkanes) is 4. The second-order valence-corrected chi connectivity index (χ2v) is 6.89. The summed E-state index contributed by atoms with van der Waals surface area (Å²) in [4.78, 5) is 0.108. The van der Waals surface area contributed by atoms with E-state index in [9.17, 15) is 12.8 Å². The molecule has 0 heterocycles. The fraction of sp³-hybridized carbons (Fsp3) is 0.600. The van der Waals surface area contributed by atoms with Crippen LogP contribution in [0.3, 0.4) is 0 Å². The minimum absolute atomic E-state index is 0.105. The molecule has 1 rings (SSSR count). The van der Waals surface area contributed by atoms with Crippen molar-refractivity contribution < 1.29 is 12.8 Å². The Hall–Kier alpha value is -0.940. The van der Waals surface area contributed by atoms with Crippen molar-refractivity contribution in [3.8, 4) is 0 Å². The Bertz CT molecular complexity index is 485. The summed E-state index contributed by atoms with van der Waals surface area (Å²) in [5.41, 5.74) is 0. The molecule has 1 N–H and O–H groups in total. The fourth-order valence-electron chi connectivity index (χ4n) is 2.06. The van der Waals surface area contributed by atoms with Gasteiger partial charge in [-0.1, -0.05) is 39.0 Å². The Kier molecular flexibility index (Phi) is 7.16. The lowest BCUT2D eigenvalue weighted by atomic mass is 10.1. The number of nitrogens with one attached hydrogen (secondary N) is 1. The lowest BCUT2D eigenvalue weighted by molar-refractivity contribution is 0.518. The van der Waals surface area contributed by atoms with Crippen LogP contribution in [0.1, 0.15) is 52.4 Å². The van der Waals surface area contributed by atoms with Crippen LogP contribution in [0.15, 0.2) is 29.2 Å². The highest BCUT2D eigenvalue weighted by Crippen LogP contribution is 2.12. The van der Waals surface area contributed by atoms with E-state index in [1.54, 1.807) is 0 Å². The third-order valence-electron chi connectivity index (χ3n) is 3.22. The highest BCUT2D eigenvalue weighted by molar-refractivity contribution is 7.89. The molecule has 1 unspecified atom stereocenters. The van der Waals surface area contributed by atoms with Gasteiger partial charge in [-0.2, -0.15) is 0 Å². The number of halogens is 1. The topological polar surface area (TPSA) is 46.2 Å². The van der Waals surface area contributed by atoms with Gasteiger partial charge in [0.2, 0.25) is 10.0 Å². The van der Waals surface area contributed by atoms with Gasteiger partial charge in [-0.25, -0.2) is 17.5 Å². The molecule has 0 aliphatic heterocycles. The normalized spacial score (nSPS) is 13.3. The molecule has 0 aromatic heterocycles. The highest BCUT2D eigenvalue weighted by atomic mass is 32.2. The molecule has 0 saturated heterocycles. The summed E-state index contributed by atoms with van der Waals surface area (Å²) in [6.45, 7) is 4.03. The molecular weight excluding hydrogens is 277 g/mol. The van der Waals surface area contributed by atoms with Gasteiger partial charge in [0.15, 0.2) is 0 Å². The van der Waals surface area contributed by atoms with Gasteiger partial charge in [-0.05, 0) is 37.6 Å². The van der Waals surface area contributed by atoms with E-state index >= 15 is 0 Å². The number of hydrogen-bond acceptors (Lipinski definition) is 2. The first-order valence-corrected chi connectivity index (χ1v) is 8.72. The summed E-state index contributed by atoms with van der Waals surface area (Å²) in [6.07, 6.45) is 6.62. The van der Waals surface area contributed by atoms with E-state index in [0.29, 0.717) is 0 Å². The van der Waals surface area contributed by atoms with E-state index < -0.39 is 15.8 Å². The number of hydrogen-bond donors (Lipinski definition) is 1. The molecule has 0 radical (unpaired) electrons. The Morgan fingerprint density at radius 3 is 2.30 bits per heavy atom. The summed E-state index contributed by atoms with van der Waals surface area (Å²) >= 11 is 0. The molecule has 1 aromatic rings. The summed E-state index contributed by atoms with van der Waals surface area (Å²) in [7, 11) is -3.54. The van der Waals surface area contributed by atoms with E-state index in [0.717, 1.165) is 31.4 Å². The molecule has 0 spiro atoms. The van der Waals surface area contributed by atoms with E-state index in [1.807, 2.05) is 6.92 Å². The highest BCUT2D eigenvalue weighted by Gasteiger charge is 2.16. The molecule has 0 amide bonds. The molecule has 1 aromatic carbocycles. The minimum atomic E-state index is -3.54. The van der Waals surface area contributed by atoms with Crippen LogP contribution in [0.2, 0.25) is 0 Å². The Morgan fingerprint density at radius 2 is 1.70 bits per heavy atom. The largest absolute Gasteiger partial charge is 0.240 e. The van der Waals surface area contributed by atoms with Gasteiger partial charge in [-0.15, -0.1) is 0 Å². The van der Waals surface area contributed by atoms with Gasteiger partial charge >= 0.3 is 0 Å². The number of rotatable bonds is 9. The maximum Gasteiger partial charge on any atom is 0.240 e. The van der Waals surface area contributed by atoms with E-state index in [1.165, 1.54) is 31.4 Å². The monoisotopic (exact) mass is 301 g/mol. The fourth-order valence-corrected chi connectivity index (χ4v) is 3.34. The van der Waals surface area contributed by atoms with Crippen molar-refractivity contribution >= 4 is 10.0 Å². The zero-order valence-electron chi connectivity index (χ0n) is 12.2. The first-order valence-electron chi connectivity index (χ1n) is 7.23. The van der Waals surface area contributed by atoms with Crippen LogP contribution >= 0.6 is 0 Å². The molecule has 0 bridgehead atoms. The molecule has 0 fully saturated rings. The first kappa shape index (κ1) is 17.1. The smallest absolute Gasteiger partial charge is 0.208 e. The van der Waals surface area contributed by atoms with Crippen molar-refractivity contribution in [2.45, 2.75) is 63.3 Å². The summed E-state index contributed by atoms with van der Waals surface area (Å²) in [5.74, 6) is -0.437. The van der Waals surface area contributed by atoms with Crippen LogP contribution in [-0.4, -0.2) is 14.5 Å². The molecule has 1 atom stereocenters. The van der Waals surface area contributed by atoms with Gasteiger partial charge in [-0.3, -0.25) is 0 Å². The lowest BCUT2D eigenvalue weighted by Crippen LogP contribution is -2.32. The predicted octanol–water partition coefficient (Wildman–Crippen LogP) is 3.85. The summed E-state index contributed by atoms with van der Waals surface area (Å²) < 4.78 is 39.5. The van der Waals surface area contributed by atoms with Gasteiger partial charge in [0, 0.05) is 6.04 Å². The number of sulfonamides is 1. The molecule has 5 heteroatoms. The zero-order chi connectivity index (χ0) is 15.0. The molecule has 114 valence electrons. The van der Waals surface area contributed by atoms with Crippen molar-refractivity contribution in [1.82, 2.24) is 4.72 Å². The quantitative estimate of drug-likeness (QED) is 0.704. The second kappa shape index (κ2) is 8.37. The summed E-state index contributed by atoms with van der Waals surface area (Å²) in [5, 5.41) is 0. The van der Waals surface area contributed by atoms with Crippen molar-refractivity contribution in [2.75, 3.05) is 0 Å². The SMILES string of the molecule is CCCCCCCC(C)NS(=O)(=O)c1ccc(F)cc1. The Labute approximate surface area is 121 Å². The predicted molar refractivity (Wildman–Crippen MR) is 79.6 cm³/mol. The zero-order valence-corrected chi connectivity index (χ0v) is 13.0. The molecule has 0 aliphatic rings. The average Bonchev–Trinajstić information content (AvgIpc) is 2.38. The number of benzene rings is 1. The van der Waals surface area contributed by atoms with Crippen LogP contribution in [0.4, 0.5) is 4.39 Å². The second-order valence-electron chi connectivity index (χ2n) is 5.18. The van der Waals surface area contributed by atoms with Crippen LogP contribution in [-0.2, 0) is 10.0 Å². The average molecular weight is 301 g/mol. The standard InChI is InChI=1S/C15H24FNO2S/c1-3-4-5-6-7-8-13(2)17-20(18,19)15-11-9-14(16)10-12-15/h9-13,17H,3-8H2,1-2H3. The summed E-state index contributed by atoms with van der Waals surface area (Å²) in [6, 6.07) is 4.78. The van der Waals surface area contributed by atoms with Gasteiger partial charge in [0.1, 0.15) is 5.82 Å². The van der Waals surface area contributed by atoms with Gasteiger partial charge in [0.05, 0.1) is 4.90 Å². The van der Waals surface area contributed by atoms with Crippen molar-refractivity contribution in [3.05, 3.63) is 30.1 Å². The molecule has 0 saturated carbocycles. The van der Waals surface area contributed by atoms with E-state index in [-0.39, 0.29) is 10.9 Å². The Balaban J connectivity index is 2.43. The van der Waals surface area contributed by atoms with E-state index in [2.05, 4.69) is 11.6 Å².